The summed E-state index contributed by atoms with van der Waals surface area (Å²) in [5.41, 5.74) is 2.25. The van der Waals surface area contributed by atoms with Crippen LogP contribution in [0.4, 0.5) is 0 Å². The second kappa shape index (κ2) is 9.49. The first-order chi connectivity index (χ1) is 14.0. The number of piperidine rings is 1. The Labute approximate surface area is 172 Å². The Morgan fingerprint density at radius 1 is 1.28 bits per heavy atom. The second-order valence-electron chi connectivity index (χ2n) is 7.29. The number of carbonyl (C=O) groups excluding carboxylic acids is 1. The molecule has 0 radical (unpaired) electrons. The van der Waals surface area contributed by atoms with Crippen molar-refractivity contribution in [3.05, 3.63) is 47.5 Å². The van der Waals surface area contributed by atoms with Crippen molar-refractivity contribution < 1.29 is 13.2 Å². The molecule has 0 aromatic carbocycles. The summed E-state index contributed by atoms with van der Waals surface area (Å²) in [4.78, 5) is 18.5. The zero-order valence-electron chi connectivity index (χ0n) is 17.0. The number of sulfonamides is 1. The fraction of sp³-hybridized carbons (Fsp3) is 0.550. The van der Waals surface area contributed by atoms with Gasteiger partial charge in [-0.25, -0.2) is 12.7 Å². The number of hydrogen-bond donors (Lipinski definition) is 1. The Balaban J connectivity index is 1.71. The average molecular weight is 420 g/mol. The smallest absolute Gasteiger partial charge is 0.257 e. The summed E-state index contributed by atoms with van der Waals surface area (Å²) in [7, 11) is -3.38. The molecule has 0 bridgehead atoms. The van der Waals surface area contributed by atoms with E-state index >= 15 is 0 Å². The molecule has 2 aromatic rings. The van der Waals surface area contributed by atoms with E-state index in [1.165, 1.54) is 0 Å². The van der Waals surface area contributed by atoms with Crippen LogP contribution in [0, 0.1) is 0 Å². The van der Waals surface area contributed by atoms with Gasteiger partial charge in [-0.1, -0.05) is 0 Å². The van der Waals surface area contributed by atoms with Crippen LogP contribution in [-0.2, 0) is 16.4 Å². The predicted octanol–water partition coefficient (Wildman–Crippen LogP) is 2.04. The second-order valence-corrected chi connectivity index (χ2v) is 9.38. The third-order valence-corrected chi connectivity index (χ3v) is 7.37. The number of hydrogen-bond acceptors (Lipinski definition) is 5. The van der Waals surface area contributed by atoms with Gasteiger partial charge in [0.25, 0.3) is 5.91 Å². The number of H-pyrrole nitrogens is 1. The van der Waals surface area contributed by atoms with E-state index in [1.54, 1.807) is 27.8 Å². The fourth-order valence-electron chi connectivity index (χ4n) is 3.82. The van der Waals surface area contributed by atoms with E-state index < -0.39 is 10.0 Å². The van der Waals surface area contributed by atoms with Gasteiger partial charge >= 0.3 is 0 Å². The third-order valence-electron chi connectivity index (χ3n) is 5.53. The molecule has 1 N–H and O–H groups in total. The van der Waals surface area contributed by atoms with Gasteiger partial charge in [0.15, 0.2) is 0 Å². The van der Waals surface area contributed by atoms with Crippen LogP contribution in [0.15, 0.2) is 30.7 Å². The standard InChI is InChI=1S/C20H29N5O3S/c1-3-24(4-2)20(26)18-14-22-23-19(18)17-6-5-12-25(15-17)29(27,28)13-9-16-7-10-21-11-8-16/h7-8,10-11,14,17H,3-6,9,12-13,15H2,1-2H3,(H,22,23)/t17-/m0/s1. The summed E-state index contributed by atoms with van der Waals surface area (Å²) in [5.74, 6) is -0.0503. The van der Waals surface area contributed by atoms with Gasteiger partial charge in [-0.2, -0.15) is 5.10 Å². The molecule has 9 heteroatoms. The van der Waals surface area contributed by atoms with Crippen molar-refractivity contribution >= 4 is 15.9 Å². The van der Waals surface area contributed by atoms with Gasteiger partial charge in [0.05, 0.1) is 23.2 Å². The van der Waals surface area contributed by atoms with Crippen molar-refractivity contribution in [2.45, 2.75) is 39.0 Å². The van der Waals surface area contributed by atoms with Crippen molar-refractivity contribution in [1.29, 1.82) is 0 Å². The lowest BCUT2D eigenvalue weighted by molar-refractivity contribution is 0.0771. The van der Waals surface area contributed by atoms with Crippen LogP contribution < -0.4 is 0 Å². The summed E-state index contributed by atoms with van der Waals surface area (Å²) in [5, 5.41) is 7.05. The Morgan fingerprint density at radius 3 is 2.69 bits per heavy atom. The molecular weight excluding hydrogens is 390 g/mol. The average Bonchev–Trinajstić information content (AvgIpc) is 3.24. The molecule has 1 fully saturated rings. The van der Waals surface area contributed by atoms with E-state index in [0.29, 0.717) is 38.2 Å². The topological polar surface area (TPSA) is 99.3 Å². The molecule has 29 heavy (non-hydrogen) atoms. The van der Waals surface area contributed by atoms with Gasteiger partial charge in [-0.15, -0.1) is 0 Å². The number of pyridine rings is 1. The van der Waals surface area contributed by atoms with E-state index in [-0.39, 0.29) is 17.6 Å². The van der Waals surface area contributed by atoms with Gasteiger partial charge in [0.1, 0.15) is 0 Å². The van der Waals surface area contributed by atoms with Crippen LogP contribution in [0.25, 0.3) is 0 Å². The molecule has 1 amide bonds. The Bertz CT molecular complexity index is 909. The summed E-state index contributed by atoms with van der Waals surface area (Å²) < 4.78 is 27.4. The first-order valence-electron chi connectivity index (χ1n) is 10.2. The molecule has 3 heterocycles. The zero-order chi connectivity index (χ0) is 20.9. The highest BCUT2D eigenvalue weighted by Crippen LogP contribution is 2.30. The number of rotatable bonds is 8. The van der Waals surface area contributed by atoms with Gasteiger partial charge < -0.3 is 4.90 Å². The number of carbonyl (C=O) groups is 1. The summed E-state index contributed by atoms with van der Waals surface area (Å²) >= 11 is 0. The lowest BCUT2D eigenvalue weighted by Crippen LogP contribution is -2.41. The van der Waals surface area contributed by atoms with E-state index in [1.807, 2.05) is 26.0 Å². The van der Waals surface area contributed by atoms with Crippen molar-refractivity contribution in [2.75, 3.05) is 31.9 Å². The quantitative estimate of drug-likeness (QED) is 0.706. The minimum absolute atomic E-state index is 0.0588. The number of aromatic amines is 1. The lowest BCUT2D eigenvalue weighted by Gasteiger charge is -2.32. The van der Waals surface area contributed by atoms with E-state index in [2.05, 4.69) is 15.2 Å². The van der Waals surface area contributed by atoms with E-state index in [4.69, 9.17) is 0 Å². The maximum atomic E-state index is 12.9. The van der Waals surface area contributed by atoms with Crippen LogP contribution in [0.1, 0.15) is 54.2 Å². The fourth-order valence-corrected chi connectivity index (χ4v) is 5.38. The molecule has 0 aliphatic carbocycles. The van der Waals surface area contributed by atoms with Gasteiger partial charge in [0, 0.05) is 44.5 Å². The van der Waals surface area contributed by atoms with Crippen molar-refractivity contribution in [2.24, 2.45) is 0 Å². The molecule has 8 nitrogen and oxygen atoms in total. The maximum Gasteiger partial charge on any atom is 0.257 e. The molecule has 1 aliphatic heterocycles. The summed E-state index contributed by atoms with van der Waals surface area (Å²) in [6.45, 7) is 6.03. The highest BCUT2D eigenvalue weighted by molar-refractivity contribution is 7.89. The molecule has 158 valence electrons. The van der Waals surface area contributed by atoms with Crippen LogP contribution in [0.3, 0.4) is 0 Å². The zero-order valence-corrected chi connectivity index (χ0v) is 17.9. The normalized spacial score (nSPS) is 17.9. The number of nitrogens with one attached hydrogen (secondary N) is 1. The first kappa shape index (κ1) is 21.4. The van der Waals surface area contributed by atoms with Crippen LogP contribution in [0.2, 0.25) is 0 Å². The predicted molar refractivity (Wildman–Crippen MR) is 111 cm³/mol. The van der Waals surface area contributed by atoms with E-state index in [0.717, 1.165) is 24.1 Å². The SMILES string of the molecule is CCN(CC)C(=O)c1cn[nH]c1[C@H]1CCCN(S(=O)(=O)CCc2ccncc2)C1. The minimum Gasteiger partial charge on any atom is -0.339 e. The Hall–Kier alpha value is -2.26. The Morgan fingerprint density at radius 2 is 2.00 bits per heavy atom. The maximum absolute atomic E-state index is 12.9. The number of aromatic nitrogens is 3. The highest BCUT2D eigenvalue weighted by atomic mass is 32.2. The first-order valence-corrected chi connectivity index (χ1v) is 11.8. The van der Waals surface area contributed by atoms with Crippen LogP contribution in [-0.4, -0.2) is 70.6 Å². The molecule has 0 unspecified atom stereocenters. The Kier molecular flexibility index (Phi) is 7.02. The molecule has 1 saturated heterocycles. The third kappa shape index (κ3) is 5.02. The molecular formula is C20H29N5O3S. The summed E-state index contributed by atoms with van der Waals surface area (Å²) in [6.07, 6.45) is 6.96. The molecule has 1 atom stereocenters. The van der Waals surface area contributed by atoms with Crippen LogP contribution in [0.5, 0.6) is 0 Å². The van der Waals surface area contributed by atoms with Crippen LogP contribution >= 0.6 is 0 Å². The van der Waals surface area contributed by atoms with Gasteiger partial charge in [-0.05, 0) is 50.8 Å². The lowest BCUT2D eigenvalue weighted by atomic mass is 9.93. The molecule has 0 saturated carbocycles. The van der Waals surface area contributed by atoms with Gasteiger partial charge in [-0.3, -0.25) is 14.9 Å². The van der Waals surface area contributed by atoms with Crippen molar-refractivity contribution in [3.63, 3.8) is 0 Å². The molecule has 0 spiro atoms. The van der Waals surface area contributed by atoms with Crippen molar-refractivity contribution in [1.82, 2.24) is 24.4 Å². The highest BCUT2D eigenvalue weighted by Gasteiger charge is 2.32. The summed E-state index contributed by atoms with van der Waals surface area (Å²) in [6, 6.07) is 3.68. The minimum atomic E-state index is -3.38. The molecule has 3 rings (SSSR count). The number of amides is 1. The monoisotopic (exact) mass is 419 g/mol. The number of nitrogens with zero attached hydrogens (tertiary/aromatic N) is 4. The molecule has 1 aliphatic rings. The van der Waals surface area contributed by atoms with Gasteiger partial charge in [0.2, 0.25) is 10.0 Å². The molecule has 2 aromatic heterocycles. The largest absolute Gasteiger partial charge is 0.339 e. The van der Waals surface area contributed by atoms with Crippen molar-refractivity contribution in [3.8, 4) is 0 Å². The van der Waals surface area contributed by atoms with E-state index in [9.17, 15) is 13.2 Å². The number of aryl methyl sites for hydroxylation is 1.